The van der Waals surface area contributed by atoms with Crippen LogP contribution < -0.4 is 0 Å². The molecule has 0 saturated heterocycles. The summed E-state index contributed by atoms with van der Waals surface area (Å²) in [6, 6.07) is 2.13. The summed E-state index contributed by atoms with van der Waals surface area (Å²) in [5.41, 5.74) is 1.38. The molecule has 1 aliphatic heterocycles. The van der Waals surface area contributed by atoms with E-state index in [1.807, 2.05) is 6.21 Å². The van der Waals surface area contributed by atoms with Gasteiger partial charge in [0.1, 0.15) is 0 Å². The van der Waals surface area contributed by atoms with Crippen molar-refractivity contribution in [2.75, 3.05) is 0 Å². The first-order valence-electron chi connectivity index (χ1n) is 2.53. The minimum Gasteiger partial charge on any atom is -0.287 e. The van der Waals surface area contributed by atoms with Gasteiger partial charge in [0.05, 0.1) is 6.54 Å². The van der Waals surface area contributed by atoms with Crippen molar-refractivity contribution in [1.29, 1.82) is 0 Å². The van der Waals surface area contributed by atoms with Crippen LogP contribution >= 0.6 is 11.3 Å². The number of rotatable bonds is 0. The predicted molar refractivity (Wildman–Crippen MR) is 35.6 cm³/mol. The third-order valence-electron chi connectivity index (χ3n) is 1.25. The van der Waals surface area contributed by atoms with Gasteiger partial charge < -0.3 is 0 Å². The predicted octanol–water partition coefficient (Wildman–Crippen LogP) is 1.68. The summed E-state index contributed by atoms with van der Waals surface area (Å²) in [5.74, 6) is 0. The Kier molecular flexibility index (Phi) is 0.758. The van der Waals surface area contributed by atoms with Gasteiger partial charge >= 0.3 is 0 Å². The van der Waals surface area contributed by atoms with Gasteiger partial charge in [-0.2, -0.15) is 0 Å². The van der Waals surface area contributed by atoms with Gasteiger partial charge in [-0.05, 0) is 17.0 Å². The summed E-state index contributed by atoms with van der Waals surface area (Å²) in [6.07, 6.45) is 1.94. The van der Waals surface area contributed by atoms with Crippen molar-refractivity contribution in [2.24, 2.45) is 4.99 Å². The van der Waals surface area contributed by atoms with Crippen LogP contribution in [0.5, 0.6) is 0 Å². The van der Waals surface area contributed by atoms with Crippen LogP contribution in [-0.2, 0) is 6.54 Å². The molecule has 1 nitrogen and oxygen atoms in total. The second-order valence-electron chi connectivity index (χ2n) is 1.78. The number of fused-ring (bicyclic) bond motifs is 1. The Morgan fingerprint density at radius 1 is 1.62 bits per heavy atom. The van der Waals surface area contributed by atoms with Crippen LogP contribution in [0, 0.1) is 0 Å². The molecule has 8 heavy (non-hydrogen) atoms. The van der Waals surface area contributed by atoms with Gasteiger partial charge in [0.25, 0.3) is 0 Å². The lowest BCUT2D eigenvalue weighted by molar-refractivity contribution is 1.12. The molecular formula is C6H5NS. The molecule has 40 valence electrons. The molecule has 0 saturated carbocycles. The van der Waals surface area contributed by atoms with Crippen LogP contribution in [0.25, 0.3) is 0 Å². The van der Waals surface area contributed by atoms with Crippen molar-refractivity contribution < 1.29 is 0 Å². The molecule has 1 aromatic heterocycles. The van der Waals surface area contributed by atoms with Gasteiger partial charge in [-0.3, -0.25) is 4.99 Å². The van der Waals surface area contributed by atoms with E-state index < -0.39 is 0 Å². The first kappa shape index (κ1) is 4.27. The van der Waals surface area contributed by atoms with Gasteiger partial charge in [-0.15, -0.1) is 11.3 Å². The minimum atomic E-state index is 0.902. The Morgan fingerprint density at radius 2 is 2.62 bits per heavy atom. The Bertz CT molecular complexity index is 224. The van der Waals surface area contributed by atoms with E-state index in [4.69, 9.17) is 0 Å². The Morgan fingerprint density at radius 3 is 3.50 bits per heavy atom. The molecule has 0 aromatic carbocycles. The molecule has 0 aliphatic carbocycles. The van der Waals surface area contributed by atoms with Crippen LogP contribution in [-0.4, -0.2) is 6.21 Å². The van der Waals surface area contributed by atoms with E-state index in [-0.39, 0.29) is 0 Å². The Hall–Kier alpha value is -0.630. The van der Waals surface area contributed by atoms with Crippen molar-refractivity contribution in [3.05, 3.63) is 21.9 Å². The molecule has 0 bridgehead atoms. The molecular weight excluding hydrogens is 118 g/mol. The van der Waals surface area contributed by atoms with Crippen LogP contribution in [0.1, 0.15) is 10.4 Å². The molecule has 0 amide bonds. The quantitative estimate of drug-likeness (QED) is 0.497. The van der Waals surface area contributed by atoms with Crippen molar-refractivity contribution in [3.8, 4) is 0 Å². The summed E-state index contributed by atoms with van der Waals surface area (Å²) in [4.78, 5) is 5.43. The molecule has 0 spiro atoms. The maximum absolute atomic E-state index is 4.10. The first-order chi connectivity index (χ1) is 3.97. The van der Waals surface area contributed by atoms with E-state index in [2.05, 4.69) is 16.4 Å². The Labute approximate surface area is 51.7 Å². The van der Waals surface area contributed by atoms with Gasteiger partial charge in [-0.1, -0.05) is 0 Å². The fourth-order valence-corrected chi connectivity index (χ4v) is 1.62. The zero-order valence-corrected chi connectivity index (χ0v) is 5.11. The molecule has 0 atom stereocenters. The number of thiophene rings is 1. The SMILES string of the molecule is C1=NCc2ccsc21. The molecule has 0 radical (unpaired) electrons. The normalized spacial score (nSPS) is 14.5. The molecule has 0 fully saturated rings. The summed E-state index contributed by atoms with van der Waals surface area (Å²) < 4.78 is 0. The monoisotopic (exact) mass is 123 g/mol. The zero-order valence-electron chi connectivity index (χ0n) is 4.29. The topological polar surface area (TPSA) is 12.4 Å². The van der Waals surface area contributed by atoms with E-state index in [0.717, 1.165) is 6.54 Å². The van der Waals surface area contributed by atoms with Crippen LogP contribution in [0.2, 0.25) is 0 Å². The van der Waals surface area contributed by atoms with Crippen molar-refractivity contribution >= 4 is 17.6 Å². The lowest BCUT2D eigenvalue weighted by Gasteiger charge is -1.77. The van der Waals surface area contributed by atoms with Gasteiger partial charge in [-0.25, -0.2) is 0 Å². The third-order valence-corrected chi connectivity index (χ3v) is 2.14. The maximum Gasteiger partial charge on any atom is 0.0654 e. The number of aliphatic imine (C=N–C) groups is 1. The van der Waals surface area contributed by atoms with E-state index in [0.29, 0.717) is 0 Å². The summed E-state index contributed by atoms with van der Waals surface area (Å²) >= 11 is 1.76. The lowest BCUT2D eigenvalue weighted by atomic mass is 10.3. The first-order valence-corrected chi connectivity index (χ1v) is 3.41. The van der Waals surface area contributed by atoms with Crippen molar-refractivity contribution in [1.82, 2.24) is 0 Å². The van der Waals surface area contributed by atoms with Crippen LogP contribution in [0.3, 0.4) is 0 Å². The molecule has 1 aromatic rings. The lowest BCUT2D eigenvalue weighted by Crippen LogP contribution is -1.68. The van der Waals surface area contributed by atoms with Crippen LogP contribution in [0.15, 0.2) is 16.4 Å². The fraction of sp³-hybridized carbons (Fsp3) is 0.167. The van der Waals surface area contributed by atoms with Crippen molar-refractivity contribution in [2.45, 2.75) is 6.54 Å². The summed E-state index contributed by atoms with van der Waals surface area (Å²) in [7, 11) is 0. The van der Waals surface area contributed by atoms with Crippen molar-refractivity contribution in [3.63, 3.8) is 0 Å². The standard InChI is InChI=1S/C6H5NS/c1-2-8-6-4-7-3-5(1)6/h1-2,4H,3H2. The summed E-state index contributed by atoms with van der Waals surface area (Å²) in [6.45, 7) is 0.902. The van der Waals surface area contributed by atoms with E-state index in [1.165, 1.54) is 10.4 Å². The highest BCUT2D eigenvalue weighted by atomic mass is 32.1. The zero-order chi connectivity index (χ0) is 5.40. The highest BCUT2D eigenvalue weighted by Crippen LogP contribution is 2.19. The smallest absolute Gasteiger partial charge is 0.0654 e. The van der Waals surface area contributed by atoms with Gasteiger partial charge in [0, 0.05) is 11.1 Å². The largest absolute Gasteiger partial charge is 0.287 e. The second-order valence-corrected chi connectivity index (χ2v) is 2.73. The fourth-order valence-electron chi connectivity index (χ4n) is 0.818. The van der Waals surface area contributed by atoms with E-state index >= 15 is 0 Å². The highest BCUT2D eigenvalue weighted by Gasteiger charge is 2.04. The summed E-state index contributed by atoms with van der Waals surface area (Å²) in [5, 5.41) is 2.11. The van der Waals surface area contributed by atoms with Gasteiger partial charge in [0.2, 0.25) is 0 Å². The van der Waals surface area contributed by atoms with Gasteiger partial charge in [0.15, 0.2) is 0 Å². The highest BCUT2D eigenvalue weighted by molar-refractivity contribution is 7.12. The number of nitrogens with zero attached hydrogens (tertiary/aromatic N) is 1. The third kappa shape index (κ3) is 0.434. The minimum absolute atomic E-state index is 0.902. The molecule has 2 heteroatoms. The number of hydrogen-bond acceptors (Lipinski definition) is 2. The molecule has 0 N–H and O–H groups in total. The second kappa shape index (κ2) is 1.42. The number of hydrogen-bond donors (Lipinski definition) is 0. The molecule has 2 rings (SSSR count). The van der Waals surface area contributed by atoms with E-state index in [9.17, 15) is 0 Å². The molecule has 1 aliphatic rings. The average Bonchev–Trinajstić information content (AvgIpc) is 2.15. The van der Waals surface area contributed by atoms with Crippen LogP contribution in [0.4, 0.5) is 0 Å². The maximum atomic E-state index is 4.10. The van der Waals surface area contributed by atoms with E-state index in [1.54, 1.807) is 11.3 Å². The molecule has 2 heterocycles. The average molecular weight is 123 g/mol. The Balaban J connectivity index is 2.67. The molecule has 0 unspecified atom stereocenters.